The van der Waals surface area contributed by atoms with Crippen LogP contribution in [0.25, 0.3) is 0 Å². The predicted octanol–water partition coefficient (Wildman–Crippen LogP) is 4.55. The summed E-state index contributed by atoms with van der Waals surface area (Å²) in [5, 5.41) is 6.66. The maximum atomic E-state index is 13.0. The molecule has 0 radical (unpaired) electrons. The van der Waals surface area contributed by atoms with Gasteiger partial charge in [0.05, 0.1) is 11.7 Å². The first-order valence-electron chi connectivity index (χ1n) is 9.73. The fraction of sp³-hybridized carbons (Fsp3) is 0.429. The van der Waals surface area contributed by atoms with Crippen molar-refractivity contribution in [2.45, 2.75) is 44.6 Å². The van der Waals surface area contributed by atoms with Gasteiger partial charge in [-0.1, -0.05) is 15.9 Å². The monoisotopic (exact) mass is 462 g/mol. The zero-order valence-corrected chi connectivity index (χ0v) is 18.0. The van der Waals surface area contributed by atoms with Crippen LogP contribution in [0.15, 0.2) is 28.7 Å². The molecule has 1 aliphatic carbocycles. The molecule has 0 spiro atoms. The lowest BCUT2D eigenvalue weighted by Crippen LogP contribution is -2.32. The molecule has 148 valence electrons. The molecule has 2 aromatic rings. The van der Waals surface area contributed by atoms with Crippen LogP contribution in [0.5, 0.6) is 0 Å². The van der Waals surface area contributed by atoms with E-state index in [2.05, 4.69) is 26.6 Å². The molecule has 1 atom stereocenters. The highest BCUT2D eigenvalue weighted by molar-refractivity contribution is 9.10. The number of hydrogen-bond donors (Lipinski definition) is 2. The highest BCUT2D eigenvalue weighted by Crippen LogP contribution is 2.38. The summed E-state index contributed by atoms with van der Waals surface area (Å²) in [6, 6.07) is 7.21. The van der Waals surface area contributed by atoms with Gasteiger partial charge >= 0.3 is 0 Å². The van der Waals surface area contributed by atoms with Gasteiger partial charge in [0.1, 0.15) is 5.00 Å². The normalized spacial score (nSPS) is 18.5. The molecule has 1 aromatic heterocycles. The van der Waals surface area contributed by atoms with E-state index in [0.717, 1.165) is 55.2 Å². The molecule has 2 aliphatic rings. The lowest BCUT2D eigenvalue weighted by molar-refractivity contribution is 0.0858. The quantitative estimate of drug-likeness (QED) is 0.684. The molecule has 28 heavy (non-hydrogen) atoms. The maximum absolute atomic E-state index is 13.0. The molecule has 1 fully saturated rings. The van der Waals surface area contributed by atoms with Crippen LogP contribution in [-0.2, 0) is 17.6 Å². The number of carbonyl (C=O) groups is 2. The van der Waals surface area contributed by atoms with E-state index in [1.807, 2.05) is 12.1 Å². The smallest absolute Gasteiger partial charge is 0.256 e. The minimum atomic E-state index is -0.195. The molecule has 1 aromatic carbocycles. The van der Waals surface area contributed by atoms with Gasteiger partial charge in [0, 0.05) is 28.1 Å². The number of nitrogens with one attached hydrogen (secondary N) is 2. The Morgan fingerprint density at radius 3 is 2.64 bits per heavy atom. The SMILES string of the molecule is O=C(Nc1sc2c(c1C(=O)NC[C@@H]1CCCO1)CCCC2)c1ccc(Br)cc1. The Morgan fingerprint density at radius 2 is 1.89 bits per heavy atom. The molecular formula is C21H23BrN2O3S. The zero-order valence-electron chi connectivity index (χ0n) is 15.6. The van der Waals surface area contributed by atoms with E-state index in [0.29, 0.717) is 22.7 Å². The number of aryl methyl sites for hydroxylation is 1. The molecule has 0 bridgehead atoms. The van der Waals surface area contributed by atoms with E-state index in [1.165, 1.54) is 4.88 Å². The zero-order chi connectivity index (χ0) is 19.5. The van der Waals surface area contributed by atoms with Crippen molar-refractivity contribution in [3.63, 3.8) is 0 Å². The van der Waals surface area contributed by atoms with Crippen molar-refractivity contribution in [2.24, 2.45) is 0 Å². The van der Waals surface area contributed by atoms with E-state index in [9.17, 15) is 9.59 Å². The molecule has 0 unspecified atom stereocenters. The minimum absolute atomic E-state index is 0.0965. The van der Waals surface area contributed by atoms with Crippen LogP contribution < -0.4 is 10.6 Å². The third-order valence-corrected chi connectivity index (χ3v) is 6.98. The third kappa shape index (κ3) is 4.31. The number of anilines is 1. The summed E-state index contributed by atoms with van der Waals surface area (Å²) in [7, 11) is 0. The van der Waals surface area contributed by atoms with Gasteiger partial charge in [-0.2, -0.15) is 0 Å². The van der Waals surface area contributed by atoms with E-state index in [-0.39, 0.29) is 17.9 Å². The number of benzene rings is 1. The van der Waals surface area contributed by atoms with Crippen LogP contribution in [0.4, 0.5) is 5.00 Å². The first kappa shape index (κ1) is 19.6. The predicted molar refractivity (Wildman–Crippen MR) is 114 cm³/mol. The second kappa shape index (κ2) is 8.76. The van der Waals surface area contributed by atoms with Gasteiger partial charge in [0.15, 0.2) is 0 Å². The highest BCUT2D eigenvalue weighted by Gasteiger charge is 2.27. The summed E-state index contributed by atoms with van der Waals surface area (Å²) in [4.78, 5) is 26.9. The second-order valence-corrected chi connectivity index (χ2v) is 9.24. The Bertz CT molecular complexity index is 873. The molecule has 4 rings (SSSR count). The van der Waals surface area contributed by atoms with Gasteiger partial charge in [-0.25, -0.2) is 0 Å². The van der Waals surface area contributed by atoms with Gasteiger partial charge in [-0.3, -0.25) is 9.59 Å². The molecule has 2 amide bonds. The van der Waals surface area contributed by atoms with Crippen LogP contribution in [-0.4, -0.2) is 31.1 Å². The molecule has 7 heteroatoms. The van der Waals surface area contributed by atoms with Crippen LogP contribution in [0.2, 0.25) is 0 Å². The number of hydrogen-bond acceptors (Lipinski definition) is 4. The summed E-state index contributed by atoms with van der Waals surface area (Å²) in [5.41, 5.74) is 2.32. The largest absolute Gasteiger partial charge is 0.376 e. The topological polar surface area (TPSA) is 67.4 Å². The van der Waals surface area contributed by atoms with Gasteiger partial charge in [-0.15, -0.1) is 11.3 Å². The van der Waals surface area contributed by atoms with Crippen LogP contribution in [0.3, 0.4) is 0 Å². The van der Waals surface area contributed by atoms with Gasteiger partial charge in [0.2, 0.25) is 0 Å². The number of fused-ring (bicyclic) bond motifs is 1. The van der Waals surface area contributed by atoms with Crippen molar-refractivity contribution in [3.8, 4) is 0 Å². The van der Waals surface area contributed by atoms with Crippen molar-refractivity contribution in [1.29, 1.82) is 0 Å². The van der Waals surface area contributed by atoms with E-state index >= 15 is 0 Å². The molecule has 5 nitrogen and oxygen atoms in total. The Kier molecular flexibility index (Phi) is 6.13. The van der Waals surface area contributed by atoms with Gasteiger partial charge in [0.25, 0.3) is 11.8 Å². The number of amides is 2. The Labute approximate surface area is 177 Å². The molecule has 1 aliphatic heterocycles. The summed E-state index contributed by atoms with van der Waals surface area (Å²) in [6.45, 7) is 1.28. The van der Waals surface area contributed by atoms with E-state index in [1.54, 1.807) is 23.5 Å². The average molecular weight is 463 g/mol. The van der Waals surface area contributed by atoms with Crippen LogP contribution in [0.1, 0.15) is 56.8 Å². The standard InChI is InChI=1S/C21H23BrN2O3S/c22-14-9-7-13(8-10-14)19(25)24-21-18(16-5-1-2-6-17(16)28-21)20(26)23-12-15-4-3-11-27-15/h7-10,15H,1-6,11-12H2,(H,23,26)(H,24,25)/t15-/m0/s1. The van der Waals surface area contributed by atoms with Crippen LogP contribution >= 0.6 is 27.3 Å². The molecular weight excluding hydrogens is 440 g/mol. The first-order valence-corrected chi connectivity index (χ1v) is 11.3. The van der Waals surface area contributed by atoms with Crippen molar-refractivity contribution < 1.29 is 14.3 Å². The second-order valence-electron chi connectivity index (χ2n) is 7.22. The Hall–Kier alpha value is -1.70. The lowest BCUT2D eigenvalue weighted by Gasteiger charge is -2.15. The van der Waals surface area contributed by atoms with Crippen molar-refractivity contribution in [2.75, 3.05) is 18.5 Å². The lowest BCUT2D eigenvalue weighted by atomic mass is 9.95. The Morgan fingerprint density at radius 1 is 1.11 bits per heavy atom. The Balaban J connectivity index is 1.55. The number of ether oxygens (including phenoxy) is 1. The third-order valence-electron chi connectivity index (χ3n) is 5.25. The summed E-state index contributed by atoms with van der Waals surface area (Å²) in [5.74, 6) is -0.305. The van der Waals surface area contributed by atoms with Gasteiger partial charge in [-0.05, 0) is 68.4 Å². The first-order chi connectivity index (χ1) is 13.6. The van der Waals surface area contributed by atoms with Crippen molar-refractivity contribution in [1.82, 2.24) is 5.32 Å². The number of thiophene rings is 1. The highest BCUT2D eigenvalue weighted by atomic mass is 79.9. The van der Waals surface area contributed by atoms with Crippen LogP contribution in [0, 0.1) is 0 Å². The molecule has 2 N–H and O–H groups in total. The fourth-order valence-corrected chi connectivity index (χ4v) is 5.32. The molecule has 0 saturated carbocycles. The van der Waals surface area contributed by atoms with Crippen molar-refractivity contribution in [3.05, 3.63) is 50.3 Å². The van der Waals surface area contributed by atoms with E-state index < -0.39 is 0 Å². The number of carbonyl (C=O) groups excluding carboxylic acids is 2. The van der Waals surface area contributed by atoms with Gasteiger partial charge < -0.3 is 15.4 Å². The summed E-state index contributed by atoms with van der Waals surface area (Å²) in [6.07, 6.45) is 6.20. The average Bonchev–Trinajstić information content (AvgIpc) is 3.34. The molecule has 1 saturated heterocycles. The summed E-state index contributed by atoms with van der Waals surface area (Å²) >= 11 is 4.92. The number of rotatable bonds is 5. The molecule has 2 heterocycles. The summed E-state index contributed by atoms with van der Waals surface area (Å²) < 4.78 is 6.53. The number of halogens is 1. The fourth-order valence-electron chi connectivity index (χ4n) is 3.77. The minimum Gasteiger partial charge on any atom is -0.376 e. The maximum Gasteiger partial charge on any atom is 0.256 e. The van der Waals surface area contributed by atoms with E-state index in [4.69, 9.17) is 4.74 Å². The van der Waals surface area contributed by atoms with Crippen molar-refractivity contribution >= 4 is 44.1 Å².